The monoisotopic (exact) mass is 436 g/mol. The molecule has 1 aromatic carbocycles. The van der Waals surface area contributed by atoms with Crippen molar-refractivity contribution in [2.45, 2.75) is 44.8 Å². The second-order valence-corrected chi connectivity index (χ2v) is 9.20. The number of nitrogen functional groups attached to an aromatic ring is 1. The highest BCUT2D eigenvalue weighted by atomic mass is 16.5. The van der Waals surface area contributed by atoms with Crippen molar-refractivity contribution < 1.29 is 14.3 Å². The van der Waals surface area contributed by atoms with Crippen LogP contribution in [-0.4, -0.2) is 66.2 Å². The molecule has 7 nitrogen and oxygen atoms in total. The third kappa shape index (κ3) is 4.45. The predicted molar refractivity (Wildman–Crippen MR) is 123 cm³/mol. The number of anilines is 1. The van der Waals surface area contributed by atoms with Gasteiger partial charge in [-0.05, 0) is 62.2 Å². The van der Waals surface area contributed by atoms with Gasteiger partial charge in [-0.3, -0.25) is 9.69 Å². The lowest BCUT2D eigenvalue weighted by Crippen LogP contribution is -2.41. The van der Waals surface area contributed by atoms with E-state index in [0.717, 1.165) is 50.3 Å². The molecule has 3 aliphatic rings. The minimum absolute atomic E-state index is 0.0474. The number of carbonyl (C=O) groups excluding carboxylic acids is 1. The van der Waals surface area contributed by atoms with Gasteiger partial charge in [-0.1, -0.05) is 12.1 Å². The van der Waals surface area contributed by atoms with Crippen LogP contribution in [0.1, 0.15) is 52.9 Å². The Kier molecular flexibility index (Phi) is 6.02. The zero-order valence-corrected chi connectivity index (χ0v) is 18.8. The number of morpholine rings is 1. The zero-order chi connectivity index (χ0) is 22.1. The van der Waals surface area contributed by atoms with Gasteiger partial charge in [-0.2, -0.15) is 0 Å². The average Bonchev–Trinajstić information content (AvgIpc) is 3.19. The lowest BCUT2D eigenvalue weighted by molar-refractivity contribution is 0.0303. The van der Waals surface area contributed by atoms with Gasteiger partial charge in [0.25, 0.3) is 5.91 Å². The van der Waals surface area contributed by atoms with E-state index in [0.29, 0.717) is 43.6 Å². The largest absolute Gasteiger partial charge is 0.490 e. The van der Waals surface area contributed by atoms with Crippen LogP contribution < -0.4 is 10.5 Å². The molecule has 2 saturated heterocycles. The molecule has 3 aliphatic heterocycles. The maximum Gasteiger partial charge on any atom is 0.257 e. The fourth-order valence-electron chi connectivity index (χ4n) is 5.05. The van der Waals surface area contributed by atoms with E-state index in [2.05, 4.69) is 35.0 Å². The van der Waals surface area contributed by atoms with Crippen LogP contribution in [0, 0.1) is 0 Å². The Morgan fingerprint density at radius 1 is 1.12 bits per heavy atom. The normalized spacial score (nSPS) is 21.9. The first kappa shape index (κ1) is 21.2. The zero-order valence-electron chi connectivity index (χ0n) is 18.8. The number of fused-ring (bicyclic) bond motifs is 1. The van der Waals surface area contributed by atoms with Crippen molar-refractivity contribution in [3.63, 3.8) is 0 Å². The SMILES string of the molecule is CC1Cc2cc(CN3CCC(c4ccc(C(=O)N5CCOCC5)c(N)n4)CC3)ccc2O1. The van der Waals surface area contributed by atoms with E-state index in [1.54, 1.807) is 4.90 Å². The standard InChI is InChI=1S/C25H32N4O3/c1-17-14-20-15-18(2-5-23(20)32-17)16-28-8-6-19(7-9-28)22-4-3-21(24(26)27-22)25(30)29-10-12-31-13-11-29/h2-5,15,17,19H,6-14,16H2,1H3,(H2,26,27). The number of hydrogen-bond donors (Lipinski definition) is 1. The molecule has 1 unspecified atom stereocenters. The maximum atomic E-state index is 12.7. The molecule has 5 rings (SSSR count). The van der Waals surface area contributed by atoms with Gasteiger partial charge in [-0.15, -0.1) is 0 Å². The molecular weight excluding hydrogens is 404 g/mol. The quantitative estimate of drug-likeness (QED) is 0.794. The van der Waals surface area contributed by atoms with Crippen molar-refractivity contribution in [1.82, 2.24) is 14.8 Å². The Morgan fingerprint density at radius 2 is 1.91 bits per heavy atom. The summed E-state index contributed by atoms with van der Waals surface area (Å²) >= 11 is 0. The van der Waals surface area contributed by atoms with Crippen molar-refractivity contribution in [3.05, 3.63) is 52.7 Å². The fraction of sp³-hybridized carbons (Fsp3) is 0.520. The molecule has 2 N–H and O–H groups in total. The molecule has 32 heavy (non-hydrogen) atoms. The summed E-state index contributed by atoms with van der Waals surface area (Å²) < 4.78 is 11.2. The molecule has 0 radical (unpaired) electrons. The molecule has 1 aromatic heterocycles. The number of carbonyl (C=O) groups is 1. The molecule has 0 spiro atoms. The minimum Gasteiger partial charge on any atom is -0.490 e. The molecule has 1 amide bonds. The van der Waals surface area contributed by atoms with Gasteiger partial charge >= 0.3 is 0 Å². The summed E-state index contributed by atoms with van der Waals surface area (Å²) in [6, 6.07) is 10.5. The summed E-state index contributed by atoms with van der Waals surface area (Å²) in [5, 5.41) is 0. The highest BCUT2D eigenvalue weighted by Crippen LogP contribution is 2.32. The van der Waals surface area contributed by atoms with Crippen LogP contribution in [-0.2, 0) is 17.7 Å². The van der Waals surface area contributed by atoms with Crippen LogP contribution in [0.25, 0.3) is 0 Å². The number of nitrogens with zero attached hydrogens (tertiary/aromatic N) is 3. The first-order valence-electron chi connectivity index (χ1n) is 11.7. The van der Waals surface area contributed by atoms with Crippen molar-refractivity contribution >= 4 is 11.7 Å². The summed E-state index contributed by atoms with van der Waals surface area (Å²) in [5.74, 6) is 1.72. The van der Waals surface area contributed by atoms with Gasteiger partial charge < -0.3 is 20.1 Å². The van der Waals surface area contributed by atoms with Crippen LogP contribution in [0.4, 0.5) is 5.82 Å². The third-order valence-corrected chi connectivity index (χ3v) is 6.85. The minimum atomic E-state index is -0.0474. The van der Waals surface area contributed by atoms with Crippen molar-refractivity contribution in [2.75, 3.05) is 45.1 Å². The summed E-state index contributed by atoms with van der Waals surface area (Å²) in [6.07, 6.45) is 3.39. The molecule has 0 aliphatic carbocycles. The Labute approximate surface area is 189 Å². The molecule has 7 heteroatoms. The summed E-state index contributed by atoms with van der Waals surface area (Å²) in [5.41, 5.74) is 10.4. The van der Waals surface area contributed by atoms with E-state index < -0.39 is 0 Å². The molecule has 1 atom stereocenters. The Hall–Kier alpha value is -2.64. The molecule has 2 fully saturated rings. The number of pyridine rings is 1. The van der Waals surface area contributed by atoms with Crippen LogP contribution in [0.2, 0.25) is 0 Å². The first-order valence-corrected chi connectivity index (χ1v) is 11.7. The molecule has 0 saturated carbocycles. The van der Waals surface area contributed by atoms with Crippen molar-refractivity contribution in [3.8, 4) is 5.75 Å². The Bertz CT molecular complexity index is 981. The van der Waals surface area contributed by atoms with E-state index in [1.165, 1.54) is 11.1 Å². The second-order valence-electron chi connectivity index (χ2n) is 9.20. The maximum absolute atomic E-state index is 12.7. The second kappa shape index (κ2) is 9.08. The third-order valence-electron chi connectivity index (χ3n) is 6.85. The number of ether oxygens (including phenoxy) is 2. The number of aromatic nitrogens is 1. The molecule has 2 aromatic rings. The number of likely N-dealkylation sites (tertiary alicyclic amines) is 1. The van der Waals surface area contributed by atoms with E-state index in [9.17, 15) is 4.79 Å². The van der Waals surface area contributed by atoms with Gasteiger partial charge in [0.1, 0.15) is 17.7 Å². The Balaban J connectivity index is 1.18. The van der Waals surface area contributed by atoms with Crippen molar-refractivity contribution in [2.24, 2.45) is 0 Å². The van der Waals surface area contributed by atoms with Gasteiger partial charge in [-0.25, -0.2) is 4.98 Å². The predicted octanol–water partition coefficient (Wildman–Crippen LogP) is 2.84. The number of piperidine rings is 1. The number of nitrogens with two attached hydrogens (primary N) is 1. The van der Waals surface area contributed by atoms with E-state index in [4.69, 9.17) is 15.2 Å². The highest BCUT2D eigenvalue weighted by molar-refractivity contribution is 5.98. The fourth-order valence-corrected chi connectivity index (χ4v) is 5.05. The first-order chi connectivity index (χ1) is 15.6. The lowest BCUT2D eigenvalue weighted by atomic mass is 9.92. The van der Waals surface area contributed by atoms with Crippen LogP contribution in [0.5, 0.6) is 5.75 Å². The average molecular weight is 437 g/mol. The van der Waals surface area contributed by atoms with E-state index in [-0.39, 0.29) is 12.0 Å². The van der Waals surface area contributed by atoms with Gasteiger partial charge in [0.05, 0.1) is 18.8 Å². The van der Waals surface area contributed by atoms with Gasteiger partial charge in [0.15, 0.2) is 0 Å². The van der Waals surface area contributed by atoms with E-state index in [1.807, 2.05) is 12.1 Å². The lowest BCUT2D eigenvalue weighted by Gasteiger charge is -2.32. The molecular formula is C25H32N4O3. The molecule has 0 bridgehead atoms. The number of hydrogen-bond acceptors (Lipinski definition) is 6. The highest BCUT2D eigenvalue weighted by Gasteiger charge is 2.25. The van der Waals surface area contributed by atoms with E-state index >= 15 is 0 Å². The van der Waals surface area contributed by atoms with Crippen LogP contribution in [0.3, 0.4) is 0 Å². The van der Waals surface area contributed by atoms with Gasteiger partial charge in [0.2, 0.25) is 0 Å². The number of rotatable bonds is 4. The van der Waals surface area contributed by atoms with Crippen LogP contribution >= 0.6 is 0 Å². The topological polar surface area (TPSA) is 80.9 Å². The smallest absolute Gasteiger partial charge is 0.257 e. The summed E-state index contributed by atoms with van der Waals surface area (Å²) in [7, 11) is 0. The summed E-state index contributed by atoms with van der Waals surface area (Å²) in [4.78, 5) is 21.7. The van der Waals surface area contributed by atoms with Crippen LogP contribution in [0.15, 0.2) is 30.3 Å². The molecule has 4 heterocycles. The van der Waals surface area contributed by atoms with Gasteiger partial charge in [0, 0.05) is 37.7 Å². The number of amides is 1. The molecule has 170 valence electrons. The Morgan fingerprint density at radius 3 is 2.66 bits per heavy atom. The summed E-state index contributed by atoms with van der Waals surface area (Å²) in [6.45, 7) is 7.52. The van der Waals surface area contributed by atoms with Crippen molar-refractivity contribution in [1.29, 1.82) is 0 Å². The number of benzene rings is 1.